The molecule has 0 spiro atoms. The summed E-state index contributed by atoms with van der Waals surface area (Å²) in [5, 5.41) is 0. The molecule has 1 aliphatic heterocycles. The summed E-state index contributed by atoms with van der Waals surface area (Å²) in [4.78, 5) is 4.51. The second-order valence-electron chi connectivity index (χ2n) is 3.06. The molecule has 0 bridgehead atoms. The first-order valence-electron chi connectivity index (χ1n) is 4.45. The highest BCUT2D eigenvalue weighted by molar-refractivity contribution is 5.24. The molecule has 2 rings (SSSR count). The van der Waals surface area contributed by atoms with Crippen molar-refractivity contribution in [3.8, 4) is 0 Å². The number of nitrogens with zero attached hydrogens (tertiary/aromatic N) is 1. The van der Waals surface area contributed by atoms with Crippen molar-refractivity contribution in [1.82, 2.24) is 4.98 Å². The summed E-state index contributed by atoms with van der Waals surface area (Å²) in [6.45, 7) is 3.67. The van der Waals surface area contributed by atoms with Gasteiger partial charge in [-0.2, -0.15) is 0 Å². The van der Waals surface area contributed by atoms with Gasteiger partial charge in [-0.05, 0) is 24.5 Å². The zero-order valence-corrected chi connectivity index (χ0v) is 7.34. The molecular formula is C10H13NO. The Kier molecular flexibility index (Phi) is 2.09. The third-order valence-corrected chi connectivity index (χ3v) is 2.24. The highest BCUT2D eigenvalue weighted by Crippen LogP contribution is 2.14. The molecule has 0 amide bonds. The van der Waals surface area contributed by atoms with Crippen molar-refractivity contribution in [1.29, 1.82) is 0 Å². The fourth-order valence-electron chi connectivity index (χ4n) is 1.48. The van der Waals surface area contributed by atoms with Crippen LogP contribution in [0.5, 0.6) is 0 Å². The molecule has 2 heteroatoms. The number of ether oxygens (including phenoxy) is 1. The molecule has 0 N–H and O–H groups in total. The maximum atomic E-state index is 5.33. The first-order chi connectivity index (χ1) is 5.90. The van der Waals surface area contributed by atoms with Gasteiger partial charge in [-0.25, -0.2) is 0 Å². The molecule has 64 valence electrons. The second kappa shape index (κ2) is 3.23. The maximum Gasteiger partial charge on any atom is 0.0890 e. The Bertz CT molecular complexity index is 283. The Labute approximate surface area is 72.6 Å². The standard InChI is InChI=1S/C10H13NO/c1-2-9-4-3-8-5-6-12-7-10(8)11-9/h3-4H,2,5-7H2,1H3. The van der Waals surface area contributed by atoms with Gasteiger partial charge in [0.25, 0.3) is 0 Å². The van der Waals surface area contributed by atoms with Crippen molar-refractivity contribution >= 4 is 0 Å². The summed E-state index contributed by atoms with van der Waals surface area (Å²) < 4.78 is 5.33. The highest BCUT2D eigenvalue weighted by atomic mass is 16.5. The molecule has 1 aromatic heterocycles. The van der Waals surface area contributed by atoms with E-state index in [1.54, 1.807) is 0 Å². The van der Waals surface area contributed by atoms with Crippen LogP contribution in [0, 0.1) is 0 Å². The summed E-state index contributed by atoms with van der Waals surface area (Å²) in [5.74, 6) is 0. The number of pyridine rings is 1. The van der Waals surface area contributed by atoms with Crippen LogP contribution in [0.25, 0.3) is 0 Å². The van der Waals surface area contributed by atoms with Crippen LogP contribution in [-0.2, 0) is 24.2 Å². The Morgan fingerprint density at radius 2 is 2.42 bits per heavy atom. The Morgan fingerprint density at radius 3 is 3.25 bits per heavy atom. The zero-order valence-electron chi connectivity index (χ0n) is 7.34. The average Bonchev–Trinajstić information content (AvgIpc) is 2.17. The normalized spacial score (nSPS) is 15.8. The van der Waals surface area contributed by atoms with Crippen molar-refractivity contribution in [2.45, 2.75) is 26.4 Å². The number of hydrogen-bond donors (Lipinski definition) is 0. The van der Waals surface area contributed by atoms with E-state index in [1.165, 1.54) is 11.3 Å². The molecule has 0 fully saturated rings. The van der Waals surface area contributed by atoms with Crippen molar-refractivity contribution in [2.24, 2.45) is 0 Å². The quantitative estimate of drug-likeness (QED) is 0.629. The monoisotopic (exact) mass is 163 g/mol. The van der Waals surface area contributed by atoms with E-state index in [0.29, 0.717) is 6.61 Å². The Morgan fingerprint density at radius 1 is 1.50 bits per heavy atom. The predicted octanol–water partition coefficient (Wildman–Crippen LogP) is 1.72. The van der Waals surface area contributed by atoms with E-state index in [2.05, 4.69) is 24.0 Å². The topological polar surface area (TPSA) is 22.1 Å². The largest absolute Gasteiger partial charge is 0.375 e. The van der Waals surface area contributed by atoms with E-state index >= 15 is 0 Å². The van der Waals surface area contributed by atoms with Crippen LogP contribution >= 0.6 is 0 Å². The molecule has 0 saturated heterocycles. The molecule has 0 radical (unpaired) electrons. The minimum atomic E-state index is 0.698. The molecule has 0 atom stereocenters. The van der Waals surface area contributed by atoms with E-state index < -0.39 is 0 Å². The smallest absolute Gasteiger partial charge is 0.0890 e. The fraction of sp³-hybridized carbons (Fsp3) is 0.500. The summed E-state index contributed by atoms with van der Waals surface area (Å²) in [7, 11) is 0. The number of aromatic nitrogens is 1. The van der Waals surface area contributed by atoms with Crippen LogP contribution in [0.15, 0.2) is 12.1 Å². The van der Waals surface area contributed by atoms with Gasteiger partial charge in [-0.15, -0.1) is 0 Å². The molecule has 12 heavy (non-hydrogen) atoms. The number of aryl methyl sites for hydroxylation is 1. The maximum absolute atomic E-state index is 5.33. The molecule has 0 saturated carbocycles. The van der Waals surface area contributed by atoms with Gasteiger partial charge < -0.3 is 4.74 Å². The number of hydrogen-bond acceptors (Lipinski definition) is 2. The molecular weight excluding hydrogens is 150 g/mol. The molecule has 2 nitrogen and oxygen atoms in total. The van der Waals surface area contributed by atoms with Gasteiger partial charge in [-0.3, -0.25) is 4.98 Å². The van der Waals surface area contributed by atoms with E-state index in [1.807, 2.05) is 0 Å². The van der Waals surface area contributed by atoms with E-state index in [9.17, 15) is 0 Å². The van der Waals surface area contributed by atoms with Crippen LogP contribution in [0.3, 0.4) is 0 Å². The summed E-state index contributed by atoms with van der Waals surface area (Å²) in [5.41, 5.74) is 3.67. The van der Waals surface area contributed by atoms with Crippen molar-refractivity contribution < 1.29 is 4.74 Å². The van der Waals surface area contributed by atoms with E-state index in [4.69, 9.17) is 4.74 Å². The van der Waals surface area contributed by atoms with Crippen LogP contribution in [0.1, 0.15) is 23.9 Å². The number of fused-ring (bicyclic) bond motifs is 1. The first kappa shape index (κ1) is 7.74. The zero-order chi connectivity index (χ0) is 8.39. The van der Waals surface area contributed by atoms with E-state index in [-0.39, 0.29) is 0 Å². The number of rotatable bonds is 1. The van der Waals surface area contributed by atoms with Crippen LogP contribution in [0.4, 0.5) is 0 Å². The van der Waals surface area contributed by atoms with Gasteiger partial charge in [0.05, 0.1) is 18.9 Å². The van der Waals surface area contributed by atoms with Crippen LogP contribution in [-0.4, -0.2) is 11.6 Å². The lowest BCUT2D eigenvalue weighted by Gasteiger charge is -2.15. The second-order valence-corrected chi connectivity index (χ2v) is 3.06. The lowest BCUT2D eigenvalue weighted by molar-refractivity contribution is 0.107. The van der Waals surface area contributed by atoms with Gasteiger partial charge in [0.15, 0.2) is 0 Å². The van der Waals surface area contributed by atoms with Crippen molar-refractivity contribution in [3.05, 3.63) is 29.1 Å². The average molecular weight is 163 g/mol. The molecule has 2 heterocycles. The third-order valence-electron chi connectivity index (χ3n) is 2.24. The SMILES string of the molecule is CCc1ccc2c(n1)COCC2. The van der Waals surface area contributed by atoms with Gasteiger partial charge in [0.2, 0.25) is 0 Å². The van der Waals surface area contributed by atoms with Crippen LogP contribution < -0.4 is 0 Å². The van der Waals surface area contributed by atoms with Crippen molar-refractivity contribution in [2.75, 3.05) is 6.61 Å². The van der Waals surface area contributed by atoms with Crippen LogP contribution in [0.2, 0.25) is 0 Å². The Balaban J connectivity index is 2.36. The molecule has 1 aliphatic rings. The molecule has 0 aromatic carbocycles. The minimum Gasteiger partial charge on any atom is -0.375 e. The van der Waals surface area contributed by atoms with Gasteiger partial charge in [-0.1, -0.05) is 13.0 Å². The van der Waals surface area contributed by atoms with Gasteiger partial charge >= 0.3 is 0 Å². The summed E-state index contributed by atoms with van der Waals surface area (Å²) >= 11 is 0. The van der Waals surface area contributed by atoms with Gasteiger partial charge in [0, 0.05) is 5.69 Å². The van der Waals surface area contributed by atoms with Crippen molar-refractivity contribution in [3.63, 3.8) is 0 Å². The summed E-state index contributed by atoms with van der Waals surface area (Å²) in [6.07, 6.45) is 2.03. The van der Waals surface area contributed by atoms with E-state index in [0.717, 1.165) is 25.1 Å². The summed E-state index contributed by atoms with van der Waals surface area (Å²) in [6, 6.07) is 4.30. The Hall–Kier alpha value is -0.890. The first-order valence-corrected chi connectivity index (χ1v) is 4.45. The third kappa shape index (κ3) is 1.34. The highest BCUT2D eigenvalue weighted by Gasteiger charge is 2.10. The fourth-order valence-corrected chi connectivity index (χ4v) is 1.48. The van der Waals surface area contributed by atoms with Gasteiger partial charge in [0.1, 0.15) is 0 Å². The molecule has 0 unspecified atom stereocenters. The predicted molar refractivity (Wildman–Crippen MR) is 47.0 cm³/mol. The molecule has 1 aromatic rings. The minimum absolute atomic E-state index is 0.698. The lowest BCUT2D eigenvalue weighted by atomic mass is 10.1. The lowest BCUT2D eigenvalue weighted by Crippen LogP contribution is -2.12. The molecule has 0 aliphatic carbocycles.